The predicted molar refractivity (Wildman–Crippen MR) is 56.7 cm³/mol. The maximum Gasteiger partial charge on any atom is 0.347 e. The Labute approximate surface area is 94.2 Å². The van der Waals surface area contributed by atoms with Gasteiger partial charge in [-0.3, -0.25) is 9.89 Å². The van der Waals surface area contributed by atoms with E-state index in [1.807, 2.05) is 0 Å². The number of nitrogens with zero attached hydrogens (tertiary/aromatic N) is 1. The first kappa shape index (κ1) is 10.8. The van der Waals surface area contributed by atoms with Gasteiger partial charge >= 0.3 is 5.97 Å². The first-order valence-electron chi connectivity index (χ1n) is 4.58. The number of phenolic OH excluding ortho intramolecular Hbond substituents is 1. The Morgan fingerprint density at radius 3 is 2.41 bits per heavy atom. The van der Waals surface area contributed by atoms with Gasteiger partial charge in [0, 0.05) is 0 Å². The standard InChI is InChI=1S/C10H8N2O5/c13-6-4-2-1-3-5(6)12-9(15)7(10(16)17)8(14)11-12/h1-4,13,15H,(H,11,14)(H,16,17). The van der Waals surface area contributed by atoms with Gasteiger partial charge in [-0.2, -0.15) is 0 Å². The van der Waals surface area contributed by atoms with E-state index in [4.69, 9.17) is 5.11 Å². The number of carbonyl (C=O) groups is 1. The molecule has 0 unspecified atom stereocenters. The molecule has 17 heavy (non-hydrogen) atoms. The van der Waals surface area contributed by atoms with Crippen molar-refractivity contribution >= 4 is 5.97 Å². The van der Waals surface area contributed by atoms with Crippen molar-refractivity contribution in [1.29, 1.82) is 0 Å². The lowest BCUT2D eigenvalue weighted by Gasteiger charge is -2.05. The molecule has 0 radical (unpaired) electrons. The normalized spacial score (nSPS) is 10.4. The zero-order valence-electron chi connectivity index (χ0n) is 8.41. The summed E-state index contributed by atoms with van der Waals surface area (Å²) in [5.74, 6) is -2.51. The zero-order valence-corrected chi connectivity index (χ0v) is 8.41. The van der Waals surface area contributed by atoms with Gasteiger partial charge in [0.25, 0.3) is 5.56 Å². The van der Waals surface area contributed by atoms with E-state index in [9.17, 15) is 19.8 Å². The molecule has 7 heteroatoms. The number of aromatic carboxylic acids is 1. The number of phenols is 1. The molecule has 0 aliphatic heterocycles. The Morgan fingerprint density at radius 1 is 1.24 bits per heavy atom. The lowest BCUT2D eigenvalue weighted by Crippen LogP contribution is -2.11. The van der Waals surface area contributed by atoms with Crippen LogP contribution in [0.2, 0.25) is 0 Å². The maximum atomic E-state index is 11.3. The quantitative estimate of drug-likeness (QED) is 0.597. The van der Waals surface area contributed by atoms with Gasteiger partial charge in [0.1, 0.15) is 11.4 Å². The molecule has 2 aromatic rings. The van der Waals surface area contributed by atoms with Crippen LogP contribution in [0.1, 0.15) is 10.4 Å². The molecular weight excluding hydrogens is 228 g/mol. The molecule has 1 heterocycles. The number of benzene rings is 1. The summed E-state index contributed by atoms with van der Waals surface area (Å²) < 4.78 is 0.807. The number of aromatic nitrogens is 2. The Bertz CT molecular complexity index is 640. The summed E-state index contributed by atoms with van der Waals surface area (Å²) in [7, 11) is 0. The molecule has 0 amide bonds. The summed E-state index contributed by atoms with van der Waals surface area (Å²) in [6, 6.07) is 5.87. The van der Waals surface area contributed by atoms with Crippen LogP contribution in [0.3, 0.4) is 0 Å². The highest BCUT2D eigenvalue weighted by molar-refractivity contribution is 5.90. The van der Waals surface area contributed by atoms with Crippen LogP contribution in [0.15, 0.2) is 29.1 Å². The van der Waals surface area contributed by atoms with Gasteiger partial charge in [0.05, 0.1) is 0 Å². The van der Waals surface area contributed by atoms with Crippen LogP contribution in [0.25, 0.3) is 5.69 Å². The molecule has 1 aromatic heterocycles. The molecule has 0 atom stereocenters. The number of carboxylic acids is 1. The minimum Gasteiger partial charge on any atom is -0.506 e. The Hall–Kier alpha value is -2.70. The number of aromatic amines is 1. The SMILES string of the molecule is O=C(O)c1c(O)n(-c2ccccc2O)[nH]c1=O. The summed E-state index contributed by atoms with van der Waals surface area (Å²) in [4.78, 5) is 22.0. The van der Waals surface area contributed by atoms with Gasteiger partial charge in [-0.25, -0.2) is 9.48 Å². The van der Waals surface area contributed by atoms with E-state index >= 15 is 0 Å². The molecule has 0 saturated carbocycles. The third-order valence-corrected chi connectivity index (χ3v) is 2.21. The molecule has 0 bridgehead atoms. The Kier molecular flexibility index (Phi) is 2.36. The molecule has 0 fully saturated rings. The molecule has 0 aliphatic carbocycles. The molecule has 88 valence electrons. The van der Waals surface area contributed by atoms with Gasteiger partial charge in [0.15, 0.2) is 5.56 Å². The van der Waals surface area contributed by atoms with E-state index in [0.29, 0.717) is 0 Å². The molecule has 2 rings (SSSR count). The van der Waals surface area contributed by atoms with Crippen molar-refractivity contribution in [2.75, 3.05) is 0 Å². The second-order valence-corrected chi connectivity index (χ2v) is 3.27. The van der Waals surface area contributed by atoms with Crippen LogP contribution in [-0.2, 0) is 0 Å². The van der Waals surface area contributed by atoms with Gasteiger partial charge in [0.2, 0.25) is 5.88 Å². The average molecular weight is 236 g/mol. The van der Waals surface area contributed by atoms with Crippen molar-refractivity contribution in [2.45, 2.75) is 0 Å². The van der Waals surface area contributed by atoms with Crippen molar-refractivity contribution in [2.24, 2.45) is 0 Å². The summed E-state index contributed by atoms with van der Waals surface area (Å²) in [6.45, 7) is 0. The van der Waals surface area contributed by atoms with Crippen molar-refractivity contribution in [1.82, 2.24) is 9.78 Å². The van der Waals surface area contributed by atoms with Crippen LogP contribution < -0.4 is 5.56 Å². The molecule has 7 nitrogen and oxygen atoms in total. The van der Waals surface area contributed by atoms with Crippen LogP contribution in [0, 0.1) is 0 Å². The molecule has 0 aliphatic rings. The third kappa shape index (κ3) is 1.63. The Morgan fingerprint density at radius 2 is 1.88 bits per heavy atom. The number of nitrogens with one attached hydrogen (secondary N) is 1. The molecule has 0 spiro atoms. The third-order valence-electron chi connectivity index (χ3n) is 2.21. The van der Waals surface area contributed by atoms with E-state index in [1.54, 1.807) is 12.1 Å². The average Bonchev–Trinajstić information content (AvgIpc) is 2.55. The number of carboxylic acid groups (broad SMARTS) is 1. The fourth-order valence-corrected chi connectivity index (χ4v) is 1.44. The van der Waals surface area contributed by atoms with E-state index in [2.05, 4.69) is 5.10 Å². The van der Waals surface area contributed by atoms with Crippen molar-refractivity contribution in [3.05, 3.63) is 40.2 Å². The number of aromatic hydroxyl groups is 2. The van der Waals surface area contributed by atoms with Gasteiger partial charge < -0.3 is 15.3 Å². The minimum absolute atomic E-state index is 0.0783. The monoisotopic (exact) mass is 236 g/mol. The molecule has 4 N–H and O–H groups in total. The molecular formula is C10H8N2O5. The van der Waals surface area contributed by atoms with E-state index < -0.39 is 23.0 Å². The van der Waals surface area contributed by atoms with Crippen molar-refractivity contribution in [3.63, 3.8) is 0 Å². The number of para-hydroxylation sites is 2. The number of rotatable bonds is 2. The van der Waals surface area contributed by atoms with E-state index in [1.165, 1.54) is 12.1 Å². The topological polar surface area (TPSA) is 116 Å². The van der Waals surface area contributed by atoms with Gasteiger partial charge in [-0.1, -0.05) is 12.1 Å². The fourth-order valence-electron chi connectivity index (χ4n) is 1.44. The van der Waals surface area contributed by atoms with Crippen LogP contribution in [0.4, 0.5) is 0 Å². The number of hydrogen-bond acceptors (Lipinski definition) is 4. The summed E-state index contributed by atoms with van der Waals surface area (Å²) in [5.41, 5.74) is -1.64. The maximum absolute atomic E-state index is 11.3. The number of hydrogen-bond donors (Lipinski definition) is 4. The first-order chi connectivity index (χ1) is 8.02. The second-order valence-electron chi connectivity index (χ2n) is 3.27. The number of H-pyrrole nitrogens is 1. The fraction of sp³-hybridized carbons (Fsp3) is 0. The van der Waals surface area contributed by atoms with Crippen molar-refractivity contribution in [3.8, 4) is 17.3 Å². The Balaban J connectivity index is 2.71. The van der Waals surface area contributed by atoms with Gasteiger partial charge in [-0.15, -0.1) is 0 Å². The van der Waals surface area contributed by atoms with Crippen LogP contribution >= 0.6 is 0 Å². The van der Waals surface area contributed by atoms with Crippen LogP contribution in [-0.4, -0.2) is 31.1 Å². The largest absolute Gasteiger partial charge is 0.506 e. The van der Waals surface area contributed by atoms with E-state index in [-0.39, 0.29) is 11.4 Å². The first-order valence-corrected chi connectivity index (χ1v) is 4.58. The smallest absolute Gasteiger partial charge is 0.347 e. The highest BCUT2D eigenvalue weighted by Crippen LogP contribution is 2.25. The summed E-state index contributed by atoms with van der Waals surface area (Å²) >= 11 is 0. The van der Waals surface area contributed by atoms with Gasteiger partial charge in [-0.05, 0) is 12.1 Å². The predicted octanol–water partition coefficient (Wildman–Crippen LogP) is 0.275. The highest BCUT2D eigenvalue weighted by Gasteiger charge is 2.22. The minimum atomic E-state index is -1.54. The molecule has 0 saturated heterocycles. The highest BCUT2D eigenvalue weighted by atomic mass is 16.4. The lowest BCUT2D eigenvalue weighted by molar-refractivity contribution is 0.0692. The summed E-state index contributed by atoms with van der Waals surface area (Å²) in [5, 5.41) is 30.0. The lowest BCUT2D eigenvalue weighted by atomic mass is 10.3. The zero-order chi connectivity index (χ0) is 12.6. The van der Waals surface area contributed by atoms with Crippen LogP contribution in [0.5, 0.6) is 11.6 Å². The van der Waals surface area contributed by atoms with E-state index in [0.717, 1.165) is 4.68 Å². The molecule has 1 aromatic carbocycles. The van der Waals surface area contributed by atoms with Crippen molar-refractivity contribution < 1.29 is 20.1 Å². The summed E-state index contributed by atoms with van der Waals surface area (Å²) in [6.07, 6.45) is 0. The second kappa shape index (κ2) is 3.71.